The first kappa shape index (κ1) is 13.2. The van der Waals surface area contributed by atoms with E-state index in [4.69, 9.17) is 0 Å². The first-order chi connectivity index (χ1) is 7.13. The van der Waals surface area contributed by atoms with Crippen LogP contribution in [0, 0.1) is 11.8 Å². The summed E-state index contributed by atoms with van der Waals surface area (Å²) in [7, 11) is 1.37. The van der Waals surface area contributed by atoms with E-state index < -0.39 is 10.8 Å². The maximum absolute atomic E-state index is 11.9. The van der Waals surface area contributed by atoms with Crippen molar-refractivity contribution < 1.29 is 4.21 Å². The Balaban J connectivity index is 2.35. The average molecular weight is 231 g/mol. The fourth-order valence-corrected chi connectivity index (χ4v) is 4.17. The zero-order valence-electron chi connectivity index (χ0n) is 10.3. The van der Waals surface area contributed by atoms with E-state index in [1.54, 1.807) is 0 Å². The van der Waals surface area contributed by atoms with Crippen LogP contribution < -0.4 is 5.32 Å². The van der Waals surface area contributed by atoms with Crippen LogP contribution in [0.3, 0.4) is 0 Å². The molecule has 2 atom stereocenters. The van der Waals surface area contributed by atoms with E-state index >= 15 is 0 Å². The molecule has 1 saturated carbocycles. The van der Waals surface area contributed by atoms with Gasteiger partial charge in [0.2, 0.25) is 0 Å². The van der Waals surface area contributed by atoms with Gasteiger partial charge in [-0.15, -0.1) is 0 Å². The lowest BCUT2D eigenvalue weighted by Gasteiger charge is -2.22. The summed E-state index contributed by atoms with van der Waals surface area (Å²) in [5, 5.41) is 3.36. The van der Waals surface area contributed by atoms with Crippen LogP contribution in [0.15, 0.2) is 0 Å². The van der Waals surface area contributed by atoms with Gasteiger partial charge in [-0.2, -0.15) is 0 Å². The molecule has 1 aliphatic carbocycles. The lowest BCUT2D eigenvalue weighted by molar-refractivity contribution is 0.407. The predicted octanol–water partition coefficient (Wildman–Crippen LogP) is 2.17. The SMILES string of the molecule is CNC(CS(=O)CC(C)C)C1CCCC1. The van der Waals surface area contributed by atoms with E-state index in [1.165, 1.54) is 25.7 Å². The topological polar surface area (TPSA) is 29.1 Å². The Hall–Kier alpha value is 0.110. The second-order valence-electron chi connectivity index (χ2n) is 5.11. The molecule has 3 heteroatoms. The van der Waals surface area contributed by atoms with Gasteiger partial charge in [-0.3, -0.25) is 4.21 Å². The molecule has 0 aromatic heterocycles. The van der Waals surface area contributed by atoms with Crippen molar-refractivity contribution in [2.45, 2.75) is 45.6 Å². The molecule has 0 heterocycles. The van der Waals surface area contributed by atoms with Crippen LogP contribution in [0.1, 0.15) is 39.5 Å². The van der Waals surface area contributed by atoms with Crippen molar-refractivity contribution in [1.29, 1.82) is 0 Å². The molecule has 2 unspecified atom stereocenters. The fraction of sp³-hybridized carbons (Fsp3) is 1.00. The zero-order chi connectivity index (χ0) is 11.3. The summed E-state index contributed by atoms with van der Waals surface area (Å²) in [6, 6.07) is 0.479. The number of nitrogens with one attached hydrogen (secondary N) is 1. The van der Waals surface area contributed by atoms with Gasteiger partial charge in [-0.1, -0.05) is 26.7 Å². The standard InChI is InChI=1S/C12H25NOS/c1-10(2)8-15(14)9-12(13-3)11-6-4-5-7-11/h10-13H,4-9H2,1-3H3. The van der Waals surface area contributed by atoms with Crippen molar-refractivity contribution in [3.8, 4) is 0 Å². The molecule has 0 spiro atoms. The molecule has 90 valence electrons. The molecular formula is C12H25NOS. The van der Waals surface area contributed by atoms with Crippen LogP contribution in [0.5, 0.6) is 0 Å². The highest BCUT2D eigenvalue weighted by atomic mass is 32.2. The van der Waals surface area contributed by atoms with Crippen molar-refractivity contribution in [1.82, 2.24) is 5.32 Å². The van der Waals surface area contributed by atoms with Crippen LogP contribution in [0.4, 0.5) is 0 Å². The van der Waals surface area contributed by atoms with Gasteiger partial charge in [-0.25, -0.2) is 0 Å². The van der Waals surface area contributed by atoms with Crippen molar-refractivity contribution in [2.75, 3.05) is 18.6 Å². The third-order valence-corrected chi connectivity index (χ3v) is 4.99. The highest BCUT2D eigenvalue weighted by molar-refractivity contribution is 7.85. The Morgan fingerprint density at radius 3 is 2.33 bits per heavy atom. The van der Waals surface area contributed by atoms with E-state index in [-0.39, 0.29) is 0 Å². The van der Waals surface area contributed by atoms with E-state index in [1.807, 2.05) is 7.05 Å². The van der Waals surface area contributed by atoms with Crippen LogP contribution in [-0.4, -0.2) is 28.8 Å². The van der Waals surface area contributed by atoms with Crippen LogP contribution in [0.25, 0.3) is 0 Å². The minimum atomic E-state index is -0.639. The molecule has 1 aliphatic rings. The quantitative estimate of drug-likeness (QED) is 0.759. The van der Waals surface area contributed by atoms with Crippen LogP contribution >= 0.6 is 0 Å². The van der Waals surface area contributed by atoms with Crippen molar-refractivity contribution in [3.05, 3.63) is 0 Å². The third kappa shape index (κ3) is 4.64. The minimum absolute atomic E-state index is 0.479. The molecule has 0 aliphatic heterocycles. The molecule has 1 fully saturated rings. The fourth-order valence-electron chi connectivity index (χ4n) is 2.45. The Morgan fingerprint density at radius 2 is 1.87 bits per heavy atom. The van der Waals surface area contributed by atoms with Crippen molar-refractivity contribution in [2.24, 2.45) is 11.8 Å². The van der Waals surface area contributed by atoms with Gasteiger partial charge in [-0.05, 0) is 31.7 Å². The molecule has 2 nitrogen and oxygen atoms in total. The molecule has 15 heavy (non-hydrogen) atoms. The largest absolute Gasteiger partial charge is 0.316 e. The lowest BCUT2D eigenvalue weighted by atomic mass is 10.0. The van der Waals surface area contributed by atoms with Crippen LogP contribution in [-0.2, 0) is 10.8 Å². The predicted molar refractivity (Wildman–Crippen MR) is 67.5 cm³/mol. The second kappa shape index (κ2) is 6.64. The molecule has 0 aromatic carbocycles. The number of hydrogen-bond acceptors (Lipinski definition) is 2. The van der Waals surface area contributed by atoms with Crippen LogP contribution in [0.2, 0.25) is 0 Å². The molecule has 0 radical (unpaired) electrons. The molecule has 0 bridgehead atoms. The smallest absolute Gasteiger partial charge is 0.0391 e. The van der Waals surface area contributed by atoms with Gasteiger partial charge >= 0.3 is 0 Å². The molecule has 1 rings (SSSR count). The van der Waals surface area contributed by atoms with E-state index in [0.29, 0.717) is 12.0 Å². The molecule has 0 amide bonds. The minimum Gasteiger partial charge on any atom is -0.316 e. The van der Waals surface area contributed by atoms with Crippen molar-refractivity contribution >= 4 is 10.8 Å². The van der Waals surface area contributed by atoms with Gasteiger partial charge < -0.3 is 5.32 Å². The molecular weight excluding hydrogens is 206 g/mol. The molecule has 0 aromatic rings. The van der Waals surface area contributed by atoms with Gasteiger partial charge in [0.25, 0.3) is 0 Å². The monoisotopic (exact) mass is 231 g/mol. The van der Waals surface area contributed by atoms with Crippen molar-refractivity contribution in [3.63, 3.8) is 0 Å². The highest BCUT2D eigenvalue weighted by Gasteiger charge is 2.25. The summed E-state index contributed by atoms with van der Waals surface area (Å²) in [5.74, 6) is 3.02. The first-order valence-electron chi connectivity index (χ1n) is 6.15. The third-order valence-electron chi connectivity index (χ3n) is 3.22. The number of rotatable bonds is 6. The van der Waals surface area contributed by atoms with Gasteiger partial charge in [0, 0.05) is 28.3 Å². The summed E-state index contributed by atoms with van der Waals surface area (Å²) in [4.78, 5) is 0. The highest BCUT2D eigenvalue weighted by Crippen LogP contribution is 2.28. The summed E-state index contributed by atoms with van der Waals surface area (Å²) >= 11 is 0. The summed E-state index contributed by atoms with van der Waals surface area (Å²) in [6.45, 7) is 4.28. The summed E-state index contributed by atoms with van der Waals surface area (Å²) in [6.07, 6.45) is 5.37. The maximum Gasteiger partial charge on any atom is 0.0391 e. The normalized spacial score (nSPS) is 22.1. The molecule has 1 N–H and O–H groups in total. The van der Waals surface area contributed by atoms with Gasteiger partial charge in [0.1, 0.15) is 0 Å². The number of hydrogen-bond donors (Lipinski definition) is 1. The average Bonchev–Trinajstić information content (AvgIpc) is 2.65. The van der Waals surface area contributed by atoms with E-state index in [9.17, 15) is 4.21 Å². The maximum atomic E-state index is 11.9. The van der Waals surface area contributed by atoms with E-state index in [2.05, 4.69) is 19.2 Å². The summed E-state index contributed by atoms with van der Waals surface area (Å²) < 4.78 is 11.9. The lowest BCUT2D eigenvalue weighted by Crippen LogP contribution is -2.38. The Labute approximate surface area is 96.7 Å². The molecule has 0 saturated heterocycles. The zero-order valence-corrected chi connectivity index (χ0v) is 11.1. The van der Waals surface area contributed by atoms with Gasteiger partial charge in [0.05, 0.1) is 0 Å². The first-order valence-corrected chi connectivity index (χ1v) is 7.64. The summed E-state index contributed by atoms with van der Waals surface area (Å²) in [5.41, 5.74) is 0. The Bertz CT molecular complexity index is 200. The van der Waals surface area contributed by atoms with E-state index in [0.717, 1.165) is 17.4 Å². The van der Waals surface area contributed by atoms with Gasteiger partial charge in [0.15, 0.2) is 0 Å². The Morgan fingerprint density at radius 1 is 1.27 bits per heavy atom. The second-order valence-corrected chi connectivity index (χ2v) is 6.65. The Kier molecular flexibility index (Phi) is 5.83.